The first kappa shape index (κ1) is 29.5. The minimum absolute atomic E-state index is 6.58. The lowest BCUT2D eigenvalue weighted by molar-refractivity contribution is -0.451. The van der Waals surface area contributed by atoms with Gasteiger partial charge in [-0.25, -0.2) is 13.2 Å². The molecule has 0 spiro atoms. The molecule has 21 heteroatoms. The van der Waals surface area contributed by atoms with E-state index in [4.69, 9.17) is 0 Å². The van der Waals surface area contributed by atoms with Crippen molar-refractivity contribution in [1.82, 2.24) is 0 Å². The Morgan fingerprint density at radius 3 is 0.548 bits per heavy atom. The van der Waals surface area contributed by atoms with Gasteiger partial charge >= 0.3 is 48.4 Å². The summed E-state index contributed by atoms with van der Waals surface area (Å²) in [5.41, 5.74) is -28.4. The van der Waals surface area contributed by atoms with Crippen LogP contribution < -0.4 is 0 Å². The number of halogens is 21. The van der Waals surface area contributed by atoms with E-state index in [1.807, 2.05) is 0 Å². The third-order valence-corrected chi connectivity index (χ3v) is 3.42. The molecular formula is C10F21. The molecule has 0 aliphatic rings. The Morgan fingerprint density at radius 2 is 0.452 bits per heavy atom. The summed E-state index contributed by atoms with van der Waals surface area (Å²) in [5.74, 6) is -6.58. The first-order valence-electron chi connectivity index (χ1n) is 6.22. The molecule has 0 bridgehead atoms. The number of alkyl halides is 21. The predicted octanol–water partition coefficient (Wildman–Crippen LogP) is 7.06. The van der Waals surface area contributed by atoms with E-state index in [2.05, 4.69) is 0 Å². The van der Waals surface area contributed by atoms with Crippen molar-refractivity contribution < 1.29 is 92.2 Å². The van der Waals surface area contributed by atoms with Crippen LogP contribution in [0.25, 0.3) is 0 Å². The molecule has 0 fully saturated rings. The fraction of sp³-hybridized carbons (Fsp3) is 0.900. The van der Waals surface area contributed by atoms with E-state index in [0.29, 0.717) is 0 Å². The summed E-state index contributed by atoms with van der Waals surface area (Å²) < 4.78 is 268. The van der Waals surface area contributed by atoms with Crippen LogP contribution in [-0.2, 0) is 0 Å². The van der Waals surface area contributed by atoms with Gasteiger partial charge in [-0.1, -0.05) is 0 Å². The summed E-state index contributed by atoms with van der Waals surface area (Å²) in [5, 5.41) is 0. The van der Waals surface area contributed by atoms with Gasteiger partial charge in [0, 0.05) is 0 Å². The fourth-order valence-corrected chi connectivity index (χ4v) is 2.24. The predicted molar refractivity (Wildman–Crippen MR) is 51.1 cm³/mol. The fourth-order valence-electron chi connectivity index (χ4n) is 2.24. The molecule has 0 aromatic rings. The molecule has 0 nitrogen and oxygen atoms in total. The molecule has 0 heterocycles. The highest BCUT2D eigenvalue weighted by molar-refractivity contribution is 5.37. The van der Waals surface area contributed by atoms with Gasteiger partial charge in [0.25, 0.3) is 0 Å². The highest BCUT2D eigenvalue weighted by Crippen LogP contribution is 2.71. The molecule has 0 aliphatic heterocycles. The Kier molecular flexibility index (Phi) is 6.68. The molecule has 0 saturated heterocycles. The van der Waals surface area contributed by atoms with Crippen LogP contribution in [0.1, 0.15) is 0 Å². The Morgan fingerprint density at radius 1 is 0.290 bits per heavy atom. The van der Waals surface area contributed by atoms with Crippen molar-refractivity contribution in [2.75, 3.05) is 0 Å². The maximum atomic E-state index is 14.4. The minimum atomic E-state index is -9.64. The summed E-state index contributed by atoms with van der Waals surface area (Å²) in [4.78, 5) is 0. The molecule has 0 saturated carbocycles. The van der Waals surface area contributed by atoms with Gasteiger partial charge in [-0.05, 0) is 0 Å². The van der Waals surface area contributed by atoms with Crippen molar-refractivity contribution in [3.05, 3.63) is 5.92 Å². The lowest BCUT2D eigenvalue weighted by Crippen LogP contribution is -2.83. The number of hydrogen-bond donors (Lipinski definition) is 0. The van der Waals surface area contributed by atoms with Crippen molar-refractivity contribution in [2.24, 2.45) is 0 Å². The molecule has 187 valence electrons. The van der Waals surface area contributed by atoms with Gasteiger partial charge in [0.2, 0.25) is 11.6 Å². The summed E-state index contributed by atoms with van der Waals surface area (Å²) in [6.07, 6.45) is -52.0. The molecule has 0 unspecified atom stereocenters. The Labute approximate surface area is 153 Å². The summed E-state index contributed by atoms with van der Waals surface area (Å²) >= 11 is 0. The van der Waals surface area contributed by atoms with Crippen molar-refractivity contribution in [3.8, 4) is 0 Å². The Balaban J connectivity index is 8.36. The SMILES string of the molecule is FC(F)(F)[C](C(F)(F)F)C(F)(C(F)(C(F)(F)F)C(F)(F)F)C(F)(C(F)(F)F)C(F)(F)F. The first-order chi connectivity index (χ1) is 12.9. The van der Waals surface area contributed by atoms with Gasteiger partial charge in [-0.2, -0.15) is 79.0 Å². The third kappa shape index (κ3) is 4.04. The van der Waals surface area contributed by atoms with Gasteiger partial charge in [-0.3, -0.25) is 0 Å². The number of hydrogen-bond acceptors (Lipinski definition) is 0. The topological polar surface area (TPSA) is 0 Å². The highest BCUT2D eigenvalue weighted by atomic mass is 19.4. The van der Waals surface area contributed by atoms with E-state index in [1.165, 1.54) is 0 Å². The largest absolute Gasteiger partial charge is 0.435 e. The monoisotopic (exact) mass is 519 g/mol. The van der Waals surface area contributed by atoms with Crippen LogP contribution in [0.2, 0.25) is 0 Å². The zero-order valence-corrected chi connectivity index (χ0v) is 12.9. The second kappa shape index (κ2) is 7.01. The van der Waals surface area contributed by atoms with E-state index in [-0.39, 0.29) is 0 Å². The molecule has 0 aromatic carbocycles. The standard InChI is InChI=1S/C10F21/c11-2(1(3(12,13)14)4(15,16)17,5(18,7(20,21)22)8(23,24)25)6(19,9(26,27)28)10(29,30)31. The zero-order chi connectivity index (χ0) is 26.1. The van der Waals surface area contributed by atoms with Crippen molar-refractivity contribution >= 4 is 0 Å². The van der Waals surface area contributed by atoms with Crippen molar-refractivity contribution in [1.29, 1.82) is 0 Å². The van der Waals surface area contributed by atoms with Crippen molar-refractivity contribution in [3.63, 3.8) is 0 Å². The maximum absolute atomic E-state index is 14.4. The zero-order valence-electron chi connectivity index (χ0n) is 12.9. The molecule has 0 N–H and O–H groups in total. The van der Waals surface area contributed by atoms with Gasteiger partial charge in [-0.15, -0.1) is 0 Å². The van der Waals surface area contributed by atoms with Crippen LogP contribution in [-0.4, -0.2) is 54.1 Å². The van der Waals surface area contributed by atoms with Crippen LogP contribution in [0.15, 0.2) is 0 Å². The average Bonchev–Trinajstić information content (AvgIpc) is 2.36. The number of rotatable bonds is 3. The van der Waals surface area contributed by atoms with Crippen LogP contribution in [0.3, 0.4) is 0 Å². The summed E-state index contributed by atoms with van der Waals surface area (Å²) in [7, 11) is 0. The first-order valence-corrected chi connectivity index (χ1v) is 6.22. The second-order valence-electron chi connectivity index (χ2n) is 5.34. The van der Waals surface area contributed by atoms with Gasteiger partial charge in [0.05, 0.1) is 0 Å². The quantitative estimate of drug-likeness (QED) is 0.351. The van der Waals surface area contributed by atoms with E-state index in [9.17, 15) is 92.2 Å². The molecule has 0 aromatic heterocycles. The smallest absolute Gasteiger partial charge is 0.234 e. The van der Waals surface area contributed by atoms with Crippen LogP contribution in [0.5, 0.6) is 0 Å². The highest BCUT2D eigenvalue weighted by Gasteiger charge is 3.01. The van der Waals surface area contributed by atoms with Gasteiger partial charge in [0.1, 0.15) is 0 Å². The summed E-state index contributed by atoms with van der Waals surface area (Å²) in [6, 6.07) is 0. The Bertz CT molecular complexity index is 550. The molecule has 0 rings (SSSR count). The van der Waals surface area contributed by atoms with Crippen LogP contribution in [0, 0.1) is 5.92 Å². The molecule has 0 aliphatic carbocycles. The van der Waals surface area contributed by atoms with E-state index >= 15 is 0 Å². The van der Waals surface area contributed by atoms with Gasteiger partial charge in [0.15, 0.2) is 0 Å². The van der Waals surface area contributed by atoms with Crippen LogP contribution >= 0.6 is 0 Å². The van der Waals surface area contributed by atoms with E-state index in [1.54, 1.807) is 0 Å². The maximum Gasteiger partial charge on any atom is 0.435 e. The van der Waals surface area contributed by atoms with Gasteiger partial charge < -0.3 is 0 Å². The third-order valence-electron chi connectivity index (χ3n) is 3.42. The summed E-state index contributed by atoms with van der Waals surface area (Å²) in [6.45, 7) is 0. The average molecular weight is 519 g/mol. The molecule has 31 heavy (non-hydrogen) atoms. The Hall–Kier alpha value is -1.47. The lowest BCUT2D eigenvalue weighted by atomic mass is 9.64. The molecular weight excluding hydrogens is 519 g/mol. The normalized spacial score (nSPS) is 16.8. The van der Waals surface area contributed by atoms with E-state index in [0.717, 1.165) is 0 Å². The minimum Gasteiger partial charge on any atom is -0.234 e. The second-order valence-corrected chi connectivity index (χ2v) is 5.34. The van der Waals surface area contributed by atoms with Crippen LogP contribution in [0.4, 0.5) is 92.2 Å². The lowest BCUT2D eigenvalue weighted by Gasteiger charge is -2.51. The van der Waals surface area contributed by atoms with E-state index < -0.39 is 60.0 Å². The molecule has 1 radical (unpaired) electrons. The molecule has 0 atom stereocenters. The molecule has 0 amide bonds. The van der Waals surface area contributed by atoms with Crippen molar-refractivity contribution in [2.45, 2.75) is 54.1 Å².